The number of hydrogen-bond acceptors (Lipinski definition) is 5. The zero-order chi connectivity index (χ0) is 18.7. The number of aromatic hydroxyl groups is 1. The van der Waals surface area contributed by atoms with Gasteiger partial charge in [-0.1, -0.05) is 6.07 Å². The van der Waals surface area contributed by atoms with Gasteiger partial charge in [0.15, 0.2) is 11.5 Å². The summed E-state index contributed by atoms with van der Waals surface area (Å²) in [4.78, 5) is 2.38. The van der Waals surface area contributed by atoms with Gasteiger partial charge in [-0.05, 0) is 76.3 Å². The first kappa shape index (κ1) is 16.7. The number of phenols is 1. The van der Waals surface area contributed by atoms with E-state index in [9.17, 15) is 10.2 Å². The van der Waals surface area contributed by atoms with Crippen molar-refractivity contribution in [3.63, 3.8) is 0 Å². The lowest BCUT2D eigenvalue weighted by molar-refractivity contribution is 0.0552. The van der Waals surface area contributed by atoms with E-state index in [4.69, 9.17) is 9.47 Å². The normalized spacial score (nSPS) is 22.0. The lowest BCUT2D eigenvalue weighted by Gasteiger charge is -2.37. The van der Waals surface area contributed by atoms with E-state index in [0.717, 1.165) is 58.6 Å². The van der Waals surface area contributed by atoms with Crippen molar-refractivity contribution < 1.29 is 19.7 Å². The highest BCUT2D eigenvalue weighted by molar-refractivity contribution is 6.12. The van der Waals surface area contributed by atoms with Crippen molar-refractivity contribution in [1.29, 1.82) is 0 Å². The highest BCUT2D eigenvalue weighted by atomic mass is 16.5. The highest BCUT2D eigenvalue weighted by Crippen LogP contribution is 2.47. The Labute approximate surface area is 157 Å². The van der Waals surface area contributed by atoms with Crippen LogP contribution in [0.4, 0.5) is 0 Å². The Kier molecular flexibility index (Phi) is 3.71. The van der Waals surface area contributed by atoms with Crippen molar-refractivity contribution in [2.75, 3.05) is 20.8 Å². The number of rotatable bonds is 2. The molecule has 0 amide bonds. The summed E-state index contributed by atoms with van der Waals surface area (Å²) in [5, 5.41) is 25.3. The number of aliphatic hydroxyl groups is 1. The Bertz CT molecular complexity index is 1060. The average molecular weight is 365 g/mol. The summed E-state index contributed by atoms with van der Waals surface area (Å²) in [6.07, 6.45) is 1.61. The number of aliphatic hydroxyl groups excluding tert-OH is 1. The molecule has 27 heavy (non-hydrogen) atoms. The molecule has 0 aliphatic carbocycles. The molecule has 140 valence electrons. The molecule has 2 heterocycles. The van der Waals surface area contributed by atoms with Crippen molar-refractivity contribution in [1.82, 2.24) is 4.90 Å². The summed E-state index contributed by atoms with van der Waals surface area (Å²) in [6.45, 7) is 1.84. The predicted molar refractivity (Wildman–Crippen MR) is 105 cm³/mol. The molecular weight excluding hydrogens is 342 g/mol. The number of phenolic OH excluding ortho intramolecular Hbond substituents is 1. The number of nitrogens with zero attached hydrogens (tertiary/aromatic N) is 1. The second-order valence-corrected chi connectivity index (χ2v) is 7.50. The van der Waals surface area contributed by atoms with Crippen molar-refractivity contribution in [2.45, 2.75) is 31.5 Å². The number of methoxy groups -OCH3 is 2. The van der Waals surface area contributed by atoms with E-state index in [2.05, 4.69) is 4.90 Å². The predicted octanol–water partition coefficient (Wildman–Crippen LogP) is 3.73. The minimum absolute atomic E-state index is 0.173. The van der Waals surface area contributed by atoms with Crippen molar-refractivity contribution in [2.24, 2.45) is 0 Å². The van der Waals surface area contributed by atoms with Gasteiger partial charge in [-0.2, -0.15) is 0 Å². The van der Waals surface area contributed by atoms with Crippen LogP contribution in [0.25, 0.3) is 21.5 Å². The first-order valence-corrected chi connectivity index (χ1v) is 9.37. The maximum absolute atomic E-state index is 11.2. The molecule has 0 radical (unpaired) electrons. The number of ether oxygens (including phenoxy) is 2. The number of hydrogen-bond donors (Lipinski definition) is 2. The maximum Gasteiger partial charge on any atom is 0.161 e. The summed E-state index contributed by atoms with van der Waals surface area (Å²) < 4.78 is 11.0. The van der Waals surface area contributed by atoms with Gasteiger partial charge in [0.2, 0.25) is 0 Å². The minimum atomic E-state index is -0.527. The number of fused-ring (bicyclic) bond motifs is 7. The highest BCUT2D eigenvalue weighted by Gasteiger charge is 2.38. The largest absolute Gasteiger partial charge is 0.508 e. The molecule has 0 saturated carbocycles. The Morgan fingerprint density at radius 2 is 1.67 bits per heavy atom. The Morgan fingerprint density at radius 1 is 0.963 bits per heavy atom. The molecule has 3 aromatic carbocycles. The minimum Gasteiger partial charge on any atom is -0.508 e. The summed E-state index contributed by atoms with van der Waals surface area (Å²) in [6, 6.07) is 9.54. The smallest absolute Gasteiger partial charge is 0.161 e. The van der Waals surface area contributed by atoms with E-state index >= 15 is 0 Å². The lowest BCUT2D eigenvalue weighted by Crippen LogP contribution is -2.39. The number of benzene rings is 3. The summed E-state index contributed by atoms with van der Waals surface area (Å²) in [7, 11) is 3.26. The van der Waals surface area contributed by atoms with Crippen molar-refractivity contribution >= 4 is 21.5 Å². The molecular formula is C22H23NO4. The average Bonchev–Trinajstić information content (AvgIpc) is 3.16. The molecule has 5 heteroatoms. The first-order valence-electron chi connectivity index (χ1n) is 9.37. The second-order valence-electron chi connectivity index (χ2n) is 7.50. The molecule has 0 aromatic heterocycles. The van der Waals surface area contributed by atoms with E-state index in [1.165, 1.54) is 0 Å². The van der Waals surface area contributed by atoms with E-state index < -0.39 is 6.10 Å². The van der Waals surface area contributed by atoms with Crippen LogP contribution in [-0.2, 0) is 6.54 Å². The second kappa shape index (κ2) is 6.01. The molecule has 5 rings (SSSR count). The van der Waals surface area contributed by atoms with Gasteiger partial charge in [0.05, 0.1) is 20.3 Å². The Hall–Kier alpha value is -2.50. The molecule has 2 aliphatic heterocycles. The van der Waals surface area contributed by atoms with Crippen LogP contribution in [0, 0.1) is 0 Å². The van der Waals surface area contributed by atoms with Gasteiger partial charge in [-0.25, -0.2) is 0 Å². The zero-order valence-electron chi connectivity index (χ0n) is 15.5. The van der Waals surface area contributed by atoms with E-state index in [1.807, 2.05) is 18.2 Å². The Morgan fingerprint density at radius 3 is 2.41 bits per heavy atom. The molecule has 5 nitrogen and oxygen atoms in total. The van der Waals surface area contributed by atoms with Crippen LogP contribution >= 0.6 is 0 Å². The Balaban J connectivity index is 1.93. The van der Waals surface area contributed by atoms with Crippen LogP contribution in [0.2, 0.25) is 0 Å². The summed E-state index contributed by atoms with van der Waals surface area (Å²) in [5.41, 5.74) is 2.14. The molecule has 0 spiro atoms. The summed E-state index contributed by atoms with van der Waals surface area (Å²) >= 11 is 0. The van der Waals surface area contributed by atoms with E-state index in [1.54, 1.807) is 26.4 Å². The van der Waals surface area contributed by atoms with Gasteiger partial charge < -0.3 is 19.7 Å². The topological polar surface area (TPSA) is 62.2 Å². The van der Waals surface area contributed by atoms with Gasteiger partial charge in [0, 0.05) is 12.6 Å². The monoisotopic (exact) mass is 365 g/mol. The molecule has 3 aromatic rings. The molecule has 2 aliphatic rings. The molecule has 2 N–H and O–H groups in total. The van der Waals surface area contributed by atoms with Crippen LogP contribution in [0.15, 0.2) is 30.3 Å². The SMILES string of the molecule is COc1cc2c3c(c4ccc(O)cc4c2cc1OC)[C@H](O)[C@H]1CCCN1C3. The first-order chi connectivity index (χ1) is 13.1. The molecule has 0 bridgehead atoms. The summed E-state index contributed by atoms with van der Waals surface area (Å²) in [5.74, 6) is 1.54. The zero-order valence-corrected chi connectivity index (χ0v) is 15.5. The quantitative estimate of drug-likeness (QED) is 0.678. The van der Waals surface area contributed by atoms with Crippen LogP contribution in [0.3, 0.4) is 0 Å². The fourth-order valence-electron chi connectivity index (χ4n) is 4.96. The molecule has 1 fully saturated rings. The van der Waals surface area contributed by atoms with Gasteiger partial charge in [0.25, 0.3) is 0 Å². The van der Waals surface area contributed by atoms with E-state index in [0.29, 0.717) is 11.5 Å². The lowest BCUT2D eigenvalue weighted by atomic mass is 9.83. The van der Waals surface area contributed by atoms with Crippen molar-refractivity contribution in [3.8, 4) is 17.2 Å². The van der Waals surface area contributed by atoms with Crippen LogP contribution < -0.4 is 9.47 Å². The fourth-order valence-corrected chi connectivity index (χ4v) is 4.96. The van der Waals surface area contributed by atoms with E-state index in [-0.39, 0.29) is 11.8 Å². The van der Waals surface area contributed by atoms with Gasteiger partial charge in [0.1, 0.15) is 5.75 Å². The maximum atomic E-state index is 11.2. The van der Waals surface area contributed by atoms with Gasteiger partial charge >= 0.3 is 0 Å². The molecule has 1 saturated heterocycles. The molecule has 2 atom stereocenters. The van der Waals surface area contributed by atoms with Crippen LogP contribution in [0.5, 0.6) is 17.2 Å². The third kappa shape index (κ3) is 2.32. The van der Waals surface area contributed by atoms with Gasteiger partial charge in [-0.15, -0.1) is 0 Å². The fraction of sp³-hybridized carbons (Fsp3) is 0.364. The van der Waals surface area contributed by atoms with Gasteiger partial charge in [-0.3, -0.25) is 4.90 Å². The van der Waals surface area contributed by atoms with Crippen LogP contribution in [0.1, 0.15) is 30.1 Å². The van der Waals surface area contributed by atoms with Crippen molar-refractivity contribution in [3.05, 3.63) is 41.5 Å². The third-order valence-corrected chi connectivity index (χ3v) is 6.19. The standard InChI is InChI=1S/C22H23NO4/c1-26-19-9-15-14-8-12(24)5-6-13(14)21-17(16(15)10-20(19)27-2)11-23-7-3-4-18(23)22(21)25/h5-6,8-10,18,22,24-25H,3-4,7,11H2,1-2H3/t18-,22-/m1/s1. The molecule has 0 unspecified atom stereocenters. The third-order valence-electron chi connectivity index (χ3n) is 6.19. The van der Waals surface area contributed by atoms with Crippen LogP contribution in [-0.4, -0.2) is 41.9 Å².